The van der Waals surface area contributed by atoms with Crippen molar-refractivity contribution in [3.8, 4) is 0 Å². The van der Waals surface area contributed by atoms with Crippen molar-refractivity contribution in [1.29, 1.82) is 0 Å². The first-order chi connectivity index (χ1) is 12.4. The highest BCUT2D eigenvalue weighted by Crippen LogP contribution is 2.18. The molecular weight excluding hydrogens is 338 g/mol. The van der Waals surface area contributed by atoms with Crippen LogP contribution < -0.4 is 10.6 Å². The first-order valence-corrected chi connectivity index (χ1v) is 7.84. The van der Waals surface area contributed by atoms with Gasteiger partial charge in [-0.05, 0) is 49.2 Å². The molecule has 0 fully saturated rings. The third-order valence-corrected chi connectivity index (χ3v) is 3.57. The molecule has 7 heteroatoms. The fourth-order valence-electron chi connectivity index (χ4n) is 2.46. The fraction of sp³-hybridized carbons (Fsp3) is 0.105. The molecule has 0 radical (unpaired) electrons. The van der Waals surface area contributed by atoms with Crippen molar-refractivity contribution in [2.45, 2.75) is 13.8 Å². The van der Waals surface area contributed by atoms with Gasteiger partial charge >= 0.3 is 0 Å². The lowest BCUT2D eigenvalue weighted by Gasteiger charge is -2.08. The van der Waals surface area contributed by atoms with Gasteiger partial charge in [-0.15, -0.1) is 0 Å². The van der Waals surface area contributed by atoms with Gasteiger partial charge in [0.2, 0.25) is 5.95 Å². The molecule has 0 aliphatic carbocycles. The first-order valence-electron chi connectivity index (χ1n) is 7.84. The summed E-state index contributed by atoms with van der Waals surface area (Å²) in [7, 11) is 0. The second-order valence-corrected chi connectivity index (χ2v) is 5.88. The molecule has 132 valence electrons. The van der Waals surface area contributed by atoms with Crippen molar-refractivity contribution in [3.05, 3.63) is 77.1 Å². The molecule has 0 saturated carbocycles. The van der Waals surface area contributed by atoms with Crippen LogP contribution in [0.3, 0.4) is 0 Å². The van der Waals surface area contributed by atoms with E-state index in [0.29, 0.717) is 5.95 Å². The number of halogens is 2. The molecule has 3 aromatic rings. The van der Waals surface area contributed by atoms with Crippen LogP contribution in [0.5, 0.6) is 0 Å². The van der Waals surface area contributed by atoms with Crippen LogP contribution in [0.25, 0.3) is 0 Å². The Bertz CT molecular complexity index is 938. The van der Waals surface area contributed by atoms with E-state index in [4.69, 9.17) is 0 Å². The highest BCUT2D eigenvalue weighted by molar-refractivity contribution is 6.03. The fourth-order valence-corrected chi connectivity index (χ4v) is 2.46. The third kappa shape index (κ3) is 4.18. The standard InChI is InChI=1S/C19H16F2N4O/c1-11-5-12(2)7-15(6-11)25-19-22-9-13(10-23-19)18(26)24-14-3-4-16(20)17(21)8-14/h3-10H,1-2H3,(H,24,26)(H,22,23,25). The number of aromatic nitrogens is 2. The summed E-state index contributed by atoms with van der Waals surface area (Å²) in [6.07, 6.45) is 2.71. The molecule has 26 heavy (non-hydrogen) atoms. The number of anilines is 3. The van der Waals surface area contributed by atoms with E-state index in [1.165, 1.54) is 18.5 Å². The molecule has 0 bridgehead atoms. The number of benzene rings is 2. The highest BCUT2D eigenvalue weighted by Gasteiger charge is 2.10. The number of carbonyl (C=O) groups is 1. The molecule has 0 aliphatic heterocycles. The van der Waals surface area contributed by atoms with Gasteiger partial charge in [-0.3, -0.25) is 4.79 Å². The van der Waals surface area contributed by atoms with Gasteiger partial charge in [-0.25, -0.2) is 18.7 Å². The number of nitrogens with one attached hydrogen (secondary N) is 2. The highest BCUT2D eigenvalue weighted by atomic mass is 19.2. The first kappa shape index (κ1) is 17.5. The molecule has 0 atom stereocenters. The van der Waals surface area contributed by atoms with E-state index in [1.54, 1.807) is 0 Å². The number of hydrogen-bond acceptors (Lipinski definition) is 4. The second kappa shape index (κ2) is 7.26. The van der Waals surface area contributed by atoms with Crippen LogP contribution in [0.1, 0.15) is 21.5 Å². The lowest BCUT2D eigenvalue weighted by atomic mass is 10.1. The lowest BCUT2D eigenvalue weighted by Crippen LogP contribution is -2.13. The average molecular weight is 354 g/mol. The molecule has 0 aliphatic rings. The van der Waals surface area contributed by atoms with Gasteiger partial charge in [0, 0.05) is 29.8 Å². The summed E-state index contributed by atoms with van der Waals surface area (Å²) < 4.78 is 26.1. The minimum Gasteiger partial charge on any atom is -0.324 e. The zero-order chi connectivity index (χ0) is 18.7. The summed E-state index contributed by atoms with van der Waals surface area (Å²) in [6.45, 7) is 3.98. The van der Waals surface area contributed by atoms with E-state index in [-0.39, 0.29) is 11.3 Å². The van der Waals surface area contributed by atoms with E-state index < -0.39 is 17.5 Å². The van der Waals surface area contributed by atoms with Crippen molar-refractivity contribution < 1.29 is 13.6 Å². The quantitative estimate of drug-likeness (QED) is 0.730. The molecule has 5 nitrogen and oxygen atoms in total. The molecule has 3 rings (SSSR count). The van der Waals surface area contributed by atoms with E-state index >= 15 is 0 Å². The van der Waals surface area contributed by atoms with Gasteiger partial charge in [-0.2, -0.15) is 0 Å². The maximum absolute atomic E-state index is 13.2. The third-order valence-electron chi connectivity index (χ3n) is 3.57. The Morgan fingerprint density at radius 2 is 1.54 bits per heavy atom. The Morgan fingerprint density at radius 1 is 0.885 bits per heavy atom. The van der Waals surface area contributed by atoms with Crippen molar-refractivity contribution in [2.24, 2.45) is 0 Å². The van der Waals surface area contributed by atoms with Gasteiger partial charge in [0.15, 0.2) is 11.6 Å². The van der Waals surface area contributed by atoms with E-state index in [0.717, 1.165) is 28.9 Å². The molecule has 1 aromatic heterocycles. The summed E-state index contributed by atoms with van der Waals surface area (Å²) in [5, 5.41) is 5.53. The number of amides is 1. The smallest absolute Gasteiger partial charge is 0.258 e. The molecular formula is C19H16F2N4O. The SMILES string of the molecule is Cc1cc(C)cc(Nc2ncc(C(=O)Nc3ccc(F)c(F)c3)cn2)c1. The summed E-state index contributed by atoms with van der Waals surface area (Å²) >= 11 is 0. The van der Waals surface area contributed by atoms with Gasteiger partial charge in [0.1, 0.15) is 0 Å². The van der Waals surface area contributed by atoms with Crippen LogP contribution in [0.2, 0.25) is 0 Å². The number of rotatable bonds is 4. The Labute approximate surface area is 149 Å². The number of nitrogens with zero attached hydrogens (tertiary/aromatic N) is 2. The van der Waals surface area contributed by atoms with Crippen LogP contribution in [-0.2, 0) is 0 Å². The largest absolute Gasteiger partial charge is 0.324 e. The molecule has 0 unspecified atom stereocenters. The maximum Gasteiger partial charge on any atom is 0.258 e. The van der Waals surface area contributed by atoms with Crippen molar-refractivity contribution in [2.75, 3.05) is 10.6 Å². The summed E-state index contributed by atoms with van der Waals surface area (Å²) in [5.74, 6) is -2.19. The molecule has 1 heterocycles. The molecule has 2 N–H and O–H groups in total. The van der Waals surface area contributed by atoms with Gasteiger partial charge in [0.25, 0.3) is 5.91 Å². The molecule has 0 saturated heterocycles. The molecule has 2 aromatic carbocycles. The topological polar surface area (TPSA) is 66.9 Å². The number of aryl methyl sites for hydroxylation is 2. The van der Waals surface area contributed by atoms with Crippen LogP contribution in [0, 0.1) is 25.5 Å². The van der Waals surface area contributed by atoms with Crippen molar-refractivity contribution in [3.63, 3.8) is 0 Å². The van der Waals surface area contributed by atoms with E-state index in [9.17, 15) is 13.6 Å². The molecule has 0 spiro atoms. The number of carbonyl (C=O) groups excluding carboxylic acids is 1. The normalized spacial score (nSPS) is 10.5. The Morgan fingerprint density at radius 3 is 2.15 bits per heavy atom. The van der Waals surface area contributed by atoms with Crippen LogP contribution in [-0.4, -0.2) is 15.9 Å². The summed E-state index contributed by atoms with van der Waals surface area (Å²) in [6, 6.07) is 9.09. The lowest BCUT2D eigenvalue weighted by molar-refractivity contribution is 0.102. The minimum absolute atomic E-state index is 0.145. The predicted octanol–water partition coefficient (Wildman–Crippen LogP) is 4.37. The zero-order valence-corrected chi connectivity index (χ0v) is 14.2. The molecule has 1 amide bonds. The summed E-state index contributed by atoms with van der Waals surface area (Å²) in [5.41, 5.74) is 3.40. The minimum atomic E-state index is -1.04. The number of hydrogen-bond donors (Lipinski definition) is 2. The summed E-state index contributed by atoms with van der Waals surface area (Å²) in [4.78, 5) is 20.4. The maximum atomic E-state index is 13.2. The van der Waals surface area contributed by atoms with E-state index in [2.05, 4.69) is 26.7 Å². The van der Waals surface area contributed by atoms with Crippen LogP contribution in [0.15, 0.2) is 48.8 Å². The van der Waals surface area contributed by atoms with Gasteiger partial charge in [0.05, 0.1) is 5.56 Å². The van der Waals surface area contributed by atoms with Crippen molar-refractivity contribution in [1.82, 2.24) is 9.97 Å². The van der Waals surface area contributed by atoms with Gasteiger partial charge < -0.3 is 10.6 Å². The predicted molar refractivity (Wildman–Crippen MR) is 95.5 cm³/mol. The van der Waals surface area contributed by atoms with Crippen LogP contribution >= 0.6 is 0 Å². The van der Waals surface area contributed by atoms with Crippen LogP contribution in [0.4, 0.5) is 26.1 Å². The van der Waals surface area contributed by atoms with E-state index in [1.807, 2.05) is 26.0 Å². The zero-order valence-electron chi connectivity index (χ0n) is 14.2. The van der Waals surface area contributed by atoms with Gasteiger partial charge in [-0.1, -0.05) is 6.07 Å². The Balaban J connectivity index is 1.70. The average Bonchev–Trinajstić information content (AvgIpc) is 2.58. The monoisotopic (exact) mass is 354 g/mol. The van der Waals surface area contributed by atoms with Crippen molar-refractivity contribution >= 4 is 23.2 Å². The second-order valence-electron chi connectivity index (χ2n) is 5.88. The Hall–Kier alpha value is -3.35. The Kier molecular flexibility index (Phi) is 4.88.